The molecule has 0 radical (unpaired) electrons. The average Bonchev–Trinajstić information content (AvgIpc) is 2.68. The van der Waals surface area contributed by atoms with Gasteiger partial charge in [0.05, 0.1) is 5.56 Å². The number of hydrogen-bond acceptors (Lipinski definition) is 5. The van der Waals surface area contributed by atoms with E-state index in [0.29, 0.717) is 38.2 Å². The fourth-order valence-electron chi connectivity index (χ4n) is 3.16. The summed E-state index contributed by atoms with van der Waals surface area (Å²) in [5, 5.41) is 2.84. The van der Waals surface area contributed by atoms with E-state index in [2.05, 4.69) is 5.32 Å². The molecule has 0 fully saturated rings. The van der Waals surface area contributed by atoms with Crippen LogP contribution < -0.4 is 14.8 Å². The molecule has 1 amide bonds. The SMILES string of the molecule is O=C1OC(C(=O)NCCc2ccc3c(c2)OCCO3)Cc2ccccc21. The Morgan fingerprint density at radius 2 is 1.88 bits per heavy atom. The van der Waals surface area contributed by atoms with Crippen molar-refractivity contribution < 1.29 is 23.8 Å². The van der Waals surface area contributed by atoms with Crippen LogP contribution in [0.15, 0.2) is 42.5 Å². The first kappa shape index (κ1) is 16.4. The summed E-state index contributed by atoms with van der Waals surface area (Å²) in [5.41, 5.74) is 2.42. The fraction of sp³-hybridized carbons (Fsp3) is 0.300. The number of nitrogens with one attached hydrogen (secondary N) is 1. The number of benzene rings is 2. The minimum Gasteiger partial charge on any atom is -0.486 e. The molecule has 26 heavy (non-hydrogen) atoms. The number of hydrogen-bond donors (Lipinski definition) is 1. The number of esters is 1. The summed E-state index contributed by atoms with van der Waals surface area (Å²) >= 11 is 0. The summed E-state index contributed by atoms with van der Waals surface area (Å²) in [5.74, 6) is 0.763. The number of rotatable bonds is 4. The monoisotopic (exact) mass is 353 g/mol. The average molecular weight is 353 g/mol. The molecule has 0 aliphatic carbocycles. The lowest BCUT2D eigenvalue weighted by atomic mass is 9.98. The van der Waals surface area contributed by atoms with E-state index in [1.165, 1.54) is 0 Å². The second kappa shape index (κ2) is 7.07. The van der Waals surface area contributed by atoms with E-state index in [1.807, 2.05) is 30.3 Å². The lowest BCUT2D eigenvalue weighted by Crippen LogP contribution is -2.42. The van der Waals surface area contributed by atoms with Gasteiger partial charge in [0.1, 0.15) is 13.2 Å². The van der Waals surface area contributed by atoms with Gasteiger partial charge < -0.3 is 19.5 Å². The van der Waals surface area contributed by atoms with Crippen LogP contribution in [0.5, 0.6) is 11.5 Å². The molecule has 0 spiro atoms. The van der Waals surface area contributed by atoms with E-state index in [1.54, 1.807) is 12.1 Å². The maximum absolute atomic E-state index is 12.3. The zero-order chi connectivity index (χ0) is 17.9. The van der Waals surface area contributed by atoms with Crippen LogP contribution in [-0.2, 0) is 22.4 Å². The Balaban J connectivity index is 1.33. The summed E-state index contributed by atoms with van der Waals surface area (Å²) in [6.07, 6.45) is 0.273. The molecule has 6 nitrogen and oxygen atoms in total. The smallest absolute Gasteiger partial charge is 0.339 e. The maximum Gasteiger partial charge on any atom is 0.339 e. The second-order valence-corrected chi connectivity index (χ2v) is 6.27. The van der Waals surface area contributed by atoms with Gasteiger partial charge in [0.2, 0.25) is 0 Å². The minimum atomic E-state index is -0.780. The highest BCUT2D eigenvalue weighted by Gasteiger charge is 2.30. The normalized spacial score (nSPS) is 17.8. The summed E-state index contributed by atoms with van der Waals surface area (Å²) in [7, 11) is 0. The van der Waals surface area contributed by atoms with Crippen molar-refractivity contribution in [2.45, 2.75) is 18.9 Å². The highest BCUT2D eigenvalue weighted by Crippen LogP contribution is 2.30. The molecule has 1 N–H and O–H groups in total. The molecule has 6 heteroatoms. The lowest BCUT2D eigenvalue weighted by Gasteiger charge is -2.23. The molecule has 2 aliphatic rings. The van der Waals surface area contributed by atoms with Crippen LogP contribution in [0.1, 0.15) is 21.5 Å². The molecular formula is C20H19NO5. The van der Waals surface area contributed by atoms with E-state index in [-0.39, 0.29) is 5.91 Å². The maximum atomic E-state index is 12.3. The van der Waals surface area contributed by atoms with Crippen molar-refractivity contribution in [1.29, 1.82) is 0 Å². The number of ether oxygens (including phenoxy) is 3. The number of carbonyl (C=O) groups excluding carboxylic acids is 2. The Kier molecular flexibility index (Phi) is 4.48. The highest BCUT2D eigenvalue weighted by atomic mass is 16.6. The van der Waals surface area contributed by atoms with Crippen molar-refractivity contribution in [3.05, 3.63) is 59.2 Å². The molecule has 4 rings (SSSR count). The first-order valence-electron chi connectivity index (χ1n) is 8.66. The van der Waals surface area contributed by atoms with Gasteiger partial charge in [-0.25, -0.2) is 4.79 Å². The Hall–Kier alpha value is -3.02. The summed E-state index contributed by atoms with van der Waals surface area (Å²) in [4.78, 5) is 24.3. The topological polar surface area (TPSA) is 73.9 Å². The van der Waals surface area contributed by atoms with E-state index in [0.717, 1.165) is 22.6 Å². The third kappa shape index (κ3) is 3.35. The standard InChI is InChI=1S/C20H19NO5/c22-19(18-12-14-3-1-2-4-15(14)20(23)26-18)21-8-7-13-5-6-16-17(11-13)25-10-9-24-16/h1-6,11,18H,7-10,12H2,(H,21,22). The molecule has 0 saturated heterocycles. The van der Waals surface area contributed by atoms with Gasteiger partial charge in [-0.05, 0) is 35.7 Å². The molecule has 0 bridgehead atoms. The predicted octanol–water partition coefficient (Wildman–Crippen LogP) is 1.90. The summed E-state index contributed by atoms with van der Waals surface area (Å²) < 4.78 is 16.3. The van der Waals surface area contributed by atoms with Gasteiger partial charge in [0.15, 0.2) is 17.6 Å². The molecule has 134 valence electrons. The quantitative estimate of drug-likeness (QED) is 0.850. The minimum absolute atomic E-state index is 0.273. The second-order valence-electron chi connectivity index (χ2n) is 6.27. The van der Waals surface area contributed by atoms with Gasteiger partial charge in [-0.1, -0.05) is 24.3 Å². The zero-order valence-electron chi connectivity index (χ0n) is 14.2. The van der Waals surface area contributed by atoms with Gasteiger partial charge in [-0.2, -0.15) is 0 Å². The molecule has 1 unspecified atom stereocenters. The predicted molar refractivity (Wildman–Crippen MR) is 93.5 cm³/mol. The summed E-state index contributed by atoms with van der Waals surface area (Å²) in [6.45, 7) is 1.56. The third-order valence-electron chi connectivity index (χ3n) is 4.50. The Labute approximate surface area is 151 Å². The van der Waals surface area contributed by atoms with Gasteiger partial charge >= 0.3 is 5.97 Å². The fourth-order valence-corrected chi connectivity index (χ4v) is 3.16. The van der Waals surface area contributed by atoms with Gasteiger partial charge in [-0.15, -0.1) is 0 Å². The van der Waals surface area contributed by atoms with Gasteiger partial charge in [0, 0.05) is 13.0 Å². The lowest BCUT2D eigenvalue weighted by molar-refractivity contribution is -0.130. The van der Waals surface area contributed by atoms with Crippen molar-refractivity contribution in [3.63, 3.8) is 0 Å². The van der Waals surface area contributed by atoms with Crippen molar-refractivity contribution in [2.75, 3.05) is 19.8 Å². The van der Waals surface area contributed by atoms with Crippen LogP contribution in [0.25, 0.3) is 0 Å². The molecule has 2 aliphatic heterocycles. The Bertz CT molecular complexity index is 848. The molecule has 0 aromatic heterocycles. The van der Waals surface area contributed by atoms with Crippen LogP contribution >= 0.6 is 0 Å². The molecule has 2 aromatic rings. The number of fused-ring (bicyclic) bond motifs is 2. The highest BCUT2D eigenvalue weighted by molar-refractivity contribution is 5.95. The van der Waals surface area contributed by atoms with Crippen LogP contribution in [0.2, 0.25) is 0 Å². The number of amides is 1. The molecule has 0 saturated carbocycles. The van der Waals surface area contributed by atoms with Crippen molar-refractivity contribution in [1.82, 2.24) is 5.32 Å². The van der Waals surface area contributed by atoms with Crippen LogP contribution in [-0.4, -0.2) is 37.7 Å². The first-order chi connectivity index (χ1) is 12.7. The van der Waals surface area contributed by atoms with Crippen LogP contribution in [0.4, 0.5) is 0 Å². The van der Waals surface area contributed by atoms with E-state index < -0.39 is 12.1 Å². The van der Waals surface area contributed by atoms with Crippen LogP contribution in [0, 0.1) is 0 Å². The zero-order valence-corrected chi connectivity index (χ0v) is 14.2. The Morgan fingerprint density at radius 1 is 1.08 bits per heavy atom. The van der Waals surface area contributed by atoms with Gasteiger partial charge in [0.25, 0.3) is 5.91 Å². The van der Waals surface area contributed by atoms with Crippen LogP contribution in [0.3, 0.4) is 0 Å². The van der Waals surface area contributed by atoms with E-state index in [4.69, 9.17) is 14.2 Å². The first-order valence-corrected chi connectivity index (χ1v) is 8.66. The Morgan fingerprint density at radius 3 is 2.77 bits per heavy atom. The molecule has 1 atom stereocenters. The van der Waals surface area contributed by atoms with Gasteiger partial charge in [-0.3, -0.25) is 4.79 Å². The van der Waals surface area contributed by atoms with E-state index in [9.17, 15) is 9.59 Å². The molecule has 2 aromatic carbocycles. The molecular weight excluding hydrogens is 334 g/mol. The third-order valence-corrected chi connectivity index (χ3v) is 4.50. The molecule has 2 heterocycles. The number of cyclic esters (lactones) is 1. The largest absolute Gasteiger partial charge is 0.486 e. The van der Waals surface area contributed by atoms with Crippen molar-refractivity contribution in [2.24, 2.45) is 0 Å². The summed E-state index contributed by atoms with van der Waals surface area (Å²) in [6, 6.07) is 13.0. The van der Waals surface area contributed by atoms with Crippen molar-refractivity contribution >= 4 is 11.9 Å². The van der Waals surface area contributed by atoms with Crippen molar-refractivity contribution in [3.8, 4) is 11.5 Å². The number of carbonyl (C=O) groups is 2. The van der Waals surface area contributed by atoms with E-state index >= 15 is 0 Å².